The molecule has 1 aromatic rings. The number of hydrogen-bond donors (Lipinski definition) is 3. The van der Waals surface area contributed by atoms with E-state index in [1.54, 1.807) is 0 Å². The Morgan fingerprint density at radius 2 is 2.20 bits per heavy atom. The standard InChI is InChI=1S/C11H16N2O2/c12-10-3-1-2-9(8-10)4-6-13-7-5-11(14)15/h1-3,8,13H,4-7,12H2,(H,14,15). The first-order chi connectivity index (χ1) is 7.18. The maximum absolute atomic E-state index is 10.2. The number of nitrogens with two attached hydrogens (primary N) is 1. The average Bonchev–Trinajstić information content (AvgIpc) is 2.17. The molecular formula is C11H16N2O2. The van der Waals surface area contributed by atoms with E-state index in [9.17, 15) is 4.79 Å². The molecule has 0 amide bonds. The zero-order valence-corrected chi connectivity index (χ0v) is 8.57. The van der Waals surface area contributed by atoms with Gasteiger partial charge in [-0.25, -0.2) is 0 Å². The van der Waals surface area contributed by atoms with E-state index in [4.69, 9.17) is 10.8 Å². The van der Waals surface area contributed by atoms with E-state index in [0.717, 1.165) is 24.2 Å². The number of nitrogen functional groups attached to an aromatic ring is 1. The normalized spacial score (nSPS) is 10.1. The second-order valence-electron chi connectivity index (χ2n) is 3.39. The van der Waals surface area contributed by atoms with Crippen LogP contribution in [0.25, 0.3) is 0 Å². The highest BCUT2D eigenvalue weighted by Gasteiger charge is 1.96. The predicted molar refractivity (Wildman–Crippen MR) is 59.7 cm³/mol. The van der Waals surface area contributed by atoms with Crippen molar-refractivity contribution in [1.82, 2.24) is 5.32 Å². The zero-order chi connectivity index (χ0) is 11.1. The maximum atomic E-state index is 10.2. The zero-order valence-electron chi connectivity index (χ0n) is 8.57. The monoisotopic (exact) mass is 208 g/mol. The molecule has 0 aliphatic rings. The van der Waals surface area contributed by atoms with Crippen molar-refractivity contribution in [3.63, 3.8) is 0 Å². The van der Waals surface area contributed by atoms with Crippen LogP contribution in [0.5, 0.6) is 0 Å². The Kier molecular flexibility index (Phi) is 4.63. The molecule has 0 saturated heterocycles. The number of benzene rings is 1. The first-order valence-electron chi connectivity index (χ1n) is 4.95. The van der Waals surface area contributed by atoms with E-state index in [2.05, 4.69) is 5.32 Å². The molecule has 82 valence electrons. The van der Waals surface area contributed by atoms with Crippen molar-refractivity contribution in [2.24, 2.45) is 0 Å². The highest BCUT2D eigenvalue weighted by molar-refractivity contribution is 5.66. The van der Waals surface area contributed by atoms with Crippen molar-refractivity contribution in [3.8, 4) is 0 Å². The Balaban J connectivity index is 2.17. The van der Waals surface area contributed by atoms with Gasteiger partial charge >= 0.3 is 5.97 Å². The predicted octanol–water partition coefficient (Wildman–Crippen LogP) is 0.876. The SMILES string of the molecule is Nc1cccc(CCNCCC(=O)O)c1. The number of rotatable bonds is 6. The third kappa shape index (κ3) is 5.02. The van der Waals surface area contributed by atoms with E-state index in [1.807, 2.05) is 24.3 Å². The molecular weight excluding hydrogens is 192 g/mol. The quantitative estimate of drug-likeness (QED) is 0.479. The van der Waals surface area contributed by atoms with Gasteiger partial charge in [0.05, 0.1) is 6.42 Å². The first-order valence-corrected chi connectivity index (χ1v) is 4.95. The number of hydrogen-bond acceptors (Lipinski definition) is 3. The molecule has 0 bridgehead atoms. The van der Waals surface area contributed by atoms with Gasteiger partial charge in [-0.2, -0.15) is 0 Å². The third-order valence-electron chi connectivity index (χ3n) is 2.06. The van der Waals surface area contributed by atoms with Gasteiger partial charge in [0, 0.05) is 12.2 Å². The van der Waals surface area contributed by atoms with Crippen molar-refractivity contribution in [2.75, 3.05) is 18.8 Å². The summed E-state index contributed by atoms with van der Waals surface area (Å²) in [5.74, 6) is -0.772. The van der Waals surface area contributed by atoms with Crippen molar-refractivity contribution in [3.05, 3.63) is 29.8 Å². The van der Waals surface area contributed by atoms with Crippen LogP contribution in [-0.4, -0.2) is 24.2 Å². The van der Waals surface area contributed by atoms with Gasteiger partial charge < -0.3 is 16.2 Å². The summed E-state index contributed by atoms with van der Waals surface area (Å²) in [6.07, 6.45) is 1.03. The van der Waals surface area contributed by atoms with Crippen LogP contribution in [0.15, 0.2) is 24.3 Å². The minimum absolute atomic E-state index is 0.164. The lowest BCUT2D eigenvalue weighted by Gasteiger charge is -2.03. The van der Waals surface area contributed by atoms with E-state index in [1.165, 1.54) is 0 Å². The molecule has 0 atom stereocenters. The van der Waals surface area contributed by atoms with Crippen LogP contribution in [0.4, 0.5) is 5.69 Å². The molecule has 1 rings (SSSR count). The Morgan fingerprint density at radius 3 is 2.87 bits per heavy atom. The Labute approximate surface area is 89.1 Å². The van der Waals surface area contributed by atoms with Crippen molar-refractivity contribution in [2.45, 2.75) is 12.8 Å². The molecule has 0 aliphatic heterocycles. The van der Waals surface area contributed by atoms with Gasteiger partial charge in [-0.15, -0.1) is 0 Å². The van der Waals surface area contributed by atoms with Crippen molar-refractivity contribution in [1.29, 1.82) is 0 Å². The number of carboxylic acids is 1. The Bertz CT molecular complexity index is 326. The topological polar surface area (TPSA) is 75.3 Å². The van der Waals surface area contributed by atoms with Gasteiger partial charge in [-0.3, -0.25) is 4.79 Å². The smallest absolute Gasteiger partial charge is 0.304 e. The van der Waals surface area contributed by atoms with Crippen LogP contribution < -0.4 is 11.1 Å². The molecule has 0 heterocycles. The summed E-state index contributed by atoms with van der Waals surface area (Å²) in [4.78, 5) is 10.2. The van der Waals surface area contributed by atoms with Crippen LogP contribution in [0.2, 0.25) is 0 Å². The average molecular weight is 208 g/mol. The fourth-order valence-corrected chi connectivity index (χ4v) is 1.30. The van der Waals surface area contributed by atoms with E-state index < -0.39 is 5.97 Å². The molecule has 0 aromatic heterocycles. The lowest BCUT2D eigenvalue weighted by molar-refractivity contribution is -0.136. The van der Waals surface area contributed by atoms with Crippen molar-refractivity contribution >= 4 is 11.7 Å². The summed E-state index contributed by atoms with van der Waals surface area (Å²) >= 11 is 0. The lowest BCUT2D eigenvalue weighted by atomic mass is 10.1. The Hall–Kier alpha value is -1.55. The van der Waals surface area contributed by atoms with Gasteiger partial charge in [0.2, 0.25) is 0 Å². The minimum atomic E-state index is -0.772. The van der Waals surface area contributed by atoms with E-state index in [-0.39, 0.29) is 6.42 Å². The largest absolute Gasteiger partial charge is 0.481 e. The molecule has 1 aromatic carbocycles. The molecule has 15 heavy (non-hydrogen) atoms. The number of anilines is 1. The summed E-state index contributed by atoms with van der Waals surface area (Å²) in [6, 6.07) is 7.71. The van der Waals surface area contributed by atoms with Gasteiger partial charge in [0.25, 0.3) is 0 Å². The van der Waals surface area contributed by atoms with Crippen LogP contribution in [0.3, 0.4) is 0 Å². The number of carbonyl (C=O) groups is 1. The Morgan fingerprint density at radius 1 is 1.40 bits per heavy atom. The molecule has 0 radical (unpaired) electrons. The van der Waals surface area contributed by atoms with Crippen LogP contribution >= 0.6 is 0 Å². The van der Waals surface area contributed by atoms with Gasteiger partial charge in [0.15, 0.2) is 0 Å². The van der Waals surface area contributed by atoms with Crippen LogP contribution in [0, 0.1) is 0 Å². The lowest BCUT2D eigenvalue weighted by Crippen LogP contribution is -2.20. The number of nitrogens with one attached hydrogen (secondary N) is 1. The molecule has 4 heteroatoms. The molecule has 4 N–H and O–H groups in total. The summed E-state index contributed by atoms with van der Waals surface area (Å²) in [5.41, 5.74) is 7.56. The van der Waals surface area contributed by atoms with Gasteiger partial charge in [0.1, 0.15) is 0 Å². The fraction of sp³-hybridized carbons (Fsp3) is 0.364. The van der Waals surface area contributed by atoms with Gasteiger partial charge in [-0.1, -0.05) is 12.1 Å². The van der Waals surface area contributed by atoms with E-state index in [0.29, 0.717) is 6.54 Å². The summed E-state index contributed by atoms with van der Waals surface area (Å²) < 4.78 is 0. The highest BCUT2D eigenvalue weighted by atomic mass is 16.4. The third-order valence-corrected chi connectivity index (χ3v) is 2.06. The second-order valence-corrected chi connectivity index (χ2v) is 3.39. The fourth-order valence-electron chi connectivity index (χ4n) is 1.30. The molecule has 0 fully saturated rings. The molecule has 0 unspecified atom stereocenters. The highest BCUT2D eigenvalue weighted by Crippen LogP contribution is 2.06. The van der Waals surface area contributed by atoms with Crippen LogP contribution in [0.1, 0.15) is 12.0 Å². The summed E-state index contributed by atoms with van der Waals surface area (Å²) in [5, 5.41) is 11.5. The summed E-state index contributed by atoms with van der Waals surface area (Å²) in [7, 11) is 0. The number of aliphatic carboxylic acids is 1. The minimum Gasteiger partial charge on any atom is -0.481 e. The van der Waals surface area contributed by atoms with Crippen molar-refractivity contribution < 1.29 is 9.90 Å². The molecule has 0 spiro atoms. The molecule has 4 nitrogen and oxygen atoms in total. The number of carboxylic acid groups (broad SMARTS) is 1. The maximum Gasteiger partial charge on any atom is 0.304 e. The van der Waals surface area contributed by atoms with Gasteiger partial charge in [-0.05, 0) is 30.7 Å². The van der Waals surface area contributed by atoms with Crippen LogP contribution in [-0.2, 0) is 11.2 Å². The second kappa shape index (κ2) is 6.03. The molecule has 0 aliphatic carbocycles. The summed E-state index contributed by atoms with van der Waals surface area (Å²) in [6.45, 7) is 1.29. The van der Waals surface area contributed by atoms with E-state index >= 15 is 0 Å². The first kappa shape index (κ1) is 11.5. The molecule has 0 saturated carbocycles.